The highest BCUT2D eigenvalue weighted by Gasteiger charge is 2.34. The van der Waals surface area contributed by atoms with Crippen LogP contribution < -0.4 is 10.1 Å². The topological polar surface area (TPSA) is 116 Å². The van der Waals surface area contributed by atoms with E-state index >= 15 is 0 Å². The summed E-state index contributed by atoms with van der Waals surface area (Å²) in [7, 11) is 0. The van der Waals surface area contributed by atoms with Gasteiger partial charge in [0.25, 0.3) is 11.8 Å². The summed E-state index contributed by atoms with van der Waals surface area (Å²) in [6, 6.07) is 8.00. The van der Waals surface area contributed by atoms with Crippen LogP contribution in [0.2, 0.25) is 0 Å². The first-order valence-corrected chi connectivity index (χ1v) is 10.3. The SMILES string of the molecule is Cc1ccc(O[C@H]2CC[C@H](CN3CCC(O)=C(C(=O)NCC(=O)O)C3=O)CC2)cc1. The lowest BCUT2D eigenvalue weighted by atomic mass is 9.86. The average molecular weight is 416 g/mol. The molecular formula is C22H28N2O6. The largest absolute Gasteiger partial charge is 0.511 e. The number of nitrogens with one attached hydrogen (secondary N) is 1. The first-order valence-electron chi connectivity index (χ1n) is 10.3. The summed E-state index contributed by atoms with van der Waals surface area (Å²) >= 11 is 0. The van der Waals surface area contributed by atoms with Gasteiger partial charge in [0, 0.05) is 19.5 Å². The third-order valence-electron chi connectivity index (χ3n) is 5.63. The van der Waals surface area contributed by atoms with E-state index in [-0.39, 0.29) is 23.9 Å². The average Bonchev–Trinajstić information content (AvgIpc) is 2.72. The predicted octanol–water partition coefficient (Wildman–Crippen LogP) is 2.18. The number of aliphatic hydroxyl groups is 1. The van der Waals surface area contributed by atoms with Crippen molar-refractivity contribution in [2.45, 2.75) is 45.1 Å². The van der Waals surface area contributed by atoms with E-state index in [4.69, 9.17) is 9.84 Å². The Balaban J connectivity index is 1.51. The summed E-state index contributed by atoms with van der Waals surface area (Å²) < 4.78 is 6.06. The van der Waals surface area contributed by atoms with Crippen molar-refractivity contribution >= 4 is 17.8 Å². The zero-order chi connectivity index (χ0) is 21.7. The van der Waals surface area contributed by atoms with E-state index in [1.54, 1.807) is 4.90 Å². The smallest absolute Gasteiger partial charge is 0.322 e. The Morgan fingerprint density at radius 2 is 1.83 bits per heavy atom. The zero-order valence-electron chi connectivity index (χ0n) is 17.1. The number of benzene rings is 1. The Labute approximate surface area is 175 Å². The van der Waals surface area contributed by atoms with Crippen LogP contribution in [0.25, 0.3) is 0 Å². The first kappa shape index (κ1) is 21.7. The zero-order valence-corrected chi connectivity index (χ0v) is 17.1. The van der Waals surface area contributed by atoms with Crippen molar-refractivity contribution in [2.75, 3.05) is 19.6 Å². The van der Waals surface area contributed by atoms with Crippen molar-refractivity contribution in [1.82, 2.24) is 10.2 Å². The van der Waals surface area contributed by atoms with Gasteiger partial charge < -0.3 is 25.2 Å². The second kappa shape index (κ2) is 9.65. The maximum absolute atomic E-state index is 12.7. The van der Waals surface area contributed by atoms with Crippen LogP contribution in [0.1, 0.15) is 37.7 Å². The highest BCUT2D eigenvalue weighted by atomic mass is 16.5. The normalized spacial score (nSPS) is 22.0. The molecule has 0 atom stereocenters. The van der Waals surface area contributed by atoms with Gasteiger partial charge in [0.2, 0.25) is 0 Å². The van der Waals surface area contributed by atoms with Gasteiger partial charge in [-0.2, -0.15) is 0 Å². The van der Waals surface area contributed by atoms with Crippen LogP contribution in [0, 0.1) is 12.8 Å². The lowest BCUT2D eigenvalue weighted by Crippen LogP contribution is -2.45. The van der Waals surface area contributed by atoms with Crippen molar-refractivity contribution in [3.05, 3.63) is 41.2 Å². The summed E-state index contributed by atoms with van der Waals surface area (Å²) in [5, 5.41) is 20.8. The number of aliphatic hydroxyl groups excluding tert-OH is 1. The fourth-order valence-corrected chi connectivity index (χ4v) is 3.95. The molecule has 8 heteroatoms. The molecule has 3 N–H and O–H groups in total. The minimum atomic E-state index is -1.21. The van der Waals surface area contributed by atoms with Crippen LogP contribution in [0.5, 0.6) is 5.75 Å². The molecule has 3 rings (SSSR count). The van der Waals surface area contributed by atoms with Crippen LogP contribution >= 0.6 is 0 Å². The molecule has 1 heterocycles. The quantitative estimate of drug-likeness (QED) is 0.587. The minimum Gasteiger partial charge on any atom is -0.511 e. The lowest BCUT2D eigenvalue weighted by Gasteiger charge is -2.34. The maximum atomic E-state index is 12.7. The number of carboxylic acid groups (broad SMARTS) is 1. The van der Waals surface area contributed by atoms with E-state index in [0.717, 1.165) is 31.4 Å². The fourth-order valence-electron chi connectivity index (χ4n) is 3.95. The summed E-state index contributed by atoms with van der Waals surface area (Å²) in [6.07, 6.45) is 3.96. The molecule has 1 saturated carbocycles. The van der Waals surface area contributed by atoms with Crippen LogP contribution in [0.3, 0.4) is 0 Å². The molecule has 2 aliphatic rings. The van der Waals surface area contributed by atoms with E-state index < -0.39 is 24.3 Å². The standard InChI is InChI=1S/C22H28N2O6/c1-14-2-6-16(7-3-14)30-17-8-4-15(5-9-17)13-24-11-10-18(25)20(22(24)29)21(28)23-12-19(26)27/h2-3,6-7,15,17,25H,4-5,8-13H2,1H3,(H,23,28)(H,26,27)/t15-,17-. The second-order valence-corrected chi connectivity index (χ2v) is 7.97. The first-order chi connectivity index (χ1) is 14.3. The van der Waals surface area contributed by atoms with Crippen molar-refractivity contribution < 1.29 is 29.3 Å². The van der Waals surface area contributed by atoms with Crippen molar-refractivity contribution in [3.8, 4) is 5.75 Å². The number of amides is 2. The highest BCUT2D eigenvalue weighted by molar-refractivity contribution is 6.19. The van der Waals surface area contributed by atoms with Gasteiger partial charge in [0.15, 0.2) is 0 Å². The molecule has 30 heavy (non-hydrogen) atoms. The van der Waals surface area contributed by atoms with Gasteiger partial charge in [-0.15, -0.1) is 0 Å². The summed E-state index contributed by atoms with van der Waals surface area (Å²) in [6.45, 7) is 2.29. The summed E-state index contributed by atoms with van der Waals surface area (Å²) in [5.74, 6) is -1.72. The molecule has 1 aliphatic carbocycles. The molecule has 0 unspecified atom stereocenters. The van der Waals surface area contributed by atoms with Crippen molar-refractivity contribution in [3.63, 3.8) is 0 Å². The molecule has 1 fully saturated rings. The number of hydrogen-bond acceptors (Lipinski definition) is 5. The number of nitrogens with zero attached hydrogens (tertiary/aromatic N) is 1. The number of hydrogen-bond donors (Lipinski definition) is 3. The molecule has 0 spiro atoms. The lowest BCUT2D eigenvalue weighted by molar-refractivity contribution is -0.138. The number of carboxylic acids is 1. The van der Waals surface area contributed by atoms with Crippen LogP contribution in [0.15, 0.2) is 35.6 Å². The van der Waals surface area contributed by atoms with Gasteiger partial charge in [0.05, 0.1) is 6.10 Å². The Bertz CT molecular complexity index is 825. The van der Waals surface area contributed by atoms with Gasteiger partial charge in [-0.1, -0.05) is 17.7 Å². The highest BCUT2D eigenvalue weighted by Crippen LogP contribution is 2.30. The van der Waals surface area contributed by atoms with E-state index in [1.165, 1.54) is 5.56 Å². The molecule has 0 saturated heterocycles. The number of aryl methyl sites for hydroxylation is 1. The van der Waals surface area contributed by atoms with Gasteiger partial charge >= 0.3 is 5.97 Å². The number of carbonyl (C=O) groups is 3. The monoisotopic (exact) mass is 416 g/mol. The maximum Gasteiger partial charge on any atom is 0.322 e. The van der Waals surface area contributed by atoms with E-state index in [9.17, 15) is 19.5 Å². The Hall–Kier alpha value is -3.03. The predicted molar refractivity (Wildman–Crippen MR) is 109 cm³/mol. The van der Waals surface area contributed by atoms with Crippen molar-refractivity contribution in [2.24, 2.45) is 5.92 Å². The van der Waals surface area contributed by atoms with Crippen LogP contribution in [-0.2, 0) is 14.4 Å². The van der Waals surface area contributed by atoms with Gasteiger partial charge in [-0.25, -0.2) is 0 Å². The Kier molecular flexibility index (Phi) is 6.97. The van der Waals surface area contributed by atoms with Crippen molar-refractivity contribution in [1.29, 1.82) is 0 Å². The van der Waals surface area contributed by atoms with Gasteiger partial charge in [-0.3, -0.25) is 14.4 Å². The Morgan fingerprint density at radius 3 is 2.47 bits per heavy atom. The molecular weight excluding hydrogens is 388 g/mol. The summed E-state index contributed by atoms with van der Waals surface area (Å²) in [5.41, 5.74) is 0.840. The fraction of sp³-hybridized carbons (Fsp3) is 0.500. The molecule has 2 amide bonds. The summed E-state index contributed by atoms with van der Waals surface area (Å²) in [4.78, 5) is 37.1. The molecule has 0 radical (unpaired) electrons. The molecule has 1 aliphatic heterocycles. The third kappa shape index (κ3) is 5.52. The molecule has 0 bridgehead atoms. The van der Waals surface area contributed by atoms with E-state index in [0.29, 0.717) is 19.0 Å². The molecule has 0 aromatic heterocycles. The number of aliphatic carboxylic acids is 1. The number of rotatable bonds is 7. The van der Waals surface area contributed by atoms with Crippen LogP contribution in [-0.4, -0.2) is 58.6 Å². The molecule has 1 aromatic carbocycles. The van der Waals surface area contributed by atoms with E-state index in [2.05, 4.69) is 5.32 Å². The molecule has 1 aromatic rings. The van der Waals surface area contributed by atoms with Gasteiger partial charge in [0.1, 0.15) is 23.6 Å². The number of carbonyl (C=O) groups excluding carboxylic acids is 2. The van der Waals surface area contributed by atoms with E-state index in [1.807, 2.05) is 31.2 Å². The molecule has 8 nitrogen and oxygen atoms in total. The second-order valence-electron chi connectivity index (χ2n) is 7.97. The Morgan fingerprint density at radius 1 is 1.17 bits per heavy atom. The van der Waals surface area contributed by atoms with Gasteiger partial charge in [-0.05, 0) is 50.7 Å². The minimum absolute atomic E-state index is 0.155. The third-order valence-corrected chi connectivity index (χ3v) is 5.63. The number of ether oxygens (including phenoxy) is 1. The molecule has 162 valence electrons. The van der Waals surface area contributed by atoms with Crippen LogP contribution in [0.4, 0.5) is 0 Å².